The maximum absolute atomic E-state index is 13.7. The monoisotopic (exact) mass is 601 g/mol. The molecule has 0 saturated heterocycles. The number of carbonyl (C=O) groups is 2. The van der Waals surface area contributed by atoms with Gasteiger partial charge in [0.15, 0.2) is 5.69 Å². The summed E-state index contributed by atoms with van der Waals surface area (Å²) in [5.74, 6) is -1.06. The molecule has 7 nitrogen and oxygen atoms in total. The fourth-order valence-corrected chi connectivity index (χ4v) is 5.63. The first-order valence-corrected chi connectivity index (χ1v) is 14.0. The summed E-state index contributed by atoms with van der Waals surface area (Å²) in [4.78, 5) is 39.9. The summed E-state index contributed by atoms with van der Waals surface area (Å²) in [6.07, 6.45) is 0.171. The van der Waals surface area contributed by atoms with E-state index in [1.165, 1.54) is 16.0 Å². The number of ether oxygens (including phenoxy) is 1. The average Bonchev–Trinajstić information content (AvgIpc) is 3.37. The van der Waals surface area contributed by atoms with E-state index in [0.29, 0.717) is 16.1 Å². The van der Waals surface area contributed by atoms with Gasteiger partial charge in [-0.25, -0.2) is 4.79 Å². The van der Waals surface area contributed by atoms with Crippen molar-refractivity contribution in [3.63, 3.8) is 0 Å². The molecule has 9 heteroatoms. The van der Waals surface area contributed by atoms with Crippen molar-refractivity contribution in [3.05, 3.63) is 122 Å². The van der Waals surface area contributed by atoms with Gasteiger partial charge >= 0.3 is 5.97 Å². The number of fused-ring (bicyclic) bond motifs is 1. The Balaban J connectivity index is 1.54. The number of nitrogens with one attached hydrogen (secondary N) is 1. The SMILES string of the molecule is CCOC(=O)c1nn(-c2ccc(Br)cc2)c(=O)c2c(NC(=O)CC(c3ccccc3)c3ccccc3)scc12. The van der Waals surface area contributed by atoms with Gasteiger partial charge in [0.25, 0.3) is 5.56 Å². The molecule has 0 aliphatic heterocycles. The number of hydrogen-bond donors (Lipinski definition) is 1. The van der Waals surface area contributed by atoms with Crippen molar-refractivity contribution in [3.8, 4) is 5.69 Å². The van der Waals surface area contributed by atoms with Gasteiger partial charge in [-0.1, -0.05) is 76.6 Å². The van der Waals surface area contributed by atoms with E-state index in [0.717, 1.165) is 15.6 Å². The highest BCUT2D eigenvalue weighted by Gasteiger charge is 2.24. The second-order valence-electron chi connectivity index (χ2n) is 8.74. The highest BCUT2D eigenvalue weighted by molar-refractivity contribution is 9.10. The number of thiophene rings is 1. The third-order valence-corrected chi connectivity index (χ3v) is 7.66. The second kappa shape index (κ2) is 11.8. The first kappa shape index (κ1) is 26.5. The average molecular weight is 603 g/mol. The predicted molar refractivity (Wildman–Crippen MR) is 157 cm³/mol. The Kier molecular flexibility index (Phi) is 7.99. The zero-order valence-corrected chi connectivity index (χ0v) is 23.4. The van der Waals surface area contributed by atoms with E-state index in [1.807, 2.05) is 60.7 Å². The number of benzene rings is 3. The van der Waals surface area contributed by atoms with Gasteiger partial charge in [0.2, 0.25) is 5.91 Å². The van der Waals surface area contributed by atoms with E-state index in [1.54, 1.807) is 36.6 Å². The molecular formula is C30H24BrN3O4S. The Labute approximate surface area is 237 Å². The van der Waals surface area contributed by atoms with E-state index >= 15 is 0 Å². The van der Waals surface area contributed by atoms with E-state index in [2.05, 4.69) is 26.3 Å². The van der Waals surface area contributed by atoms with Crippen LogP contribution in [0, 0.1) is 0 Å². The zero-order valence-electron chi connectivity index (χ0n) is 21.0. The Bertz CT molecular complexity index is 1640. The van der Waals surface area contributed by atoms with Gasteiger partial charge in [0, 0.05) is 27.6 Å². The van der Waals surface area contributed by atoms with Gasteiger partial charge < -0.3 is 10.1 Å². The maximum Gasteiger partial charge on any atom is 0.359 e. The molecule has 1 N–H and O–H groups in total. The van der Waals surface area contributed by atoms with Crippen LogP contribution in [0.15, 0.2) is 99.6 Å². The minimum absolute atomic E-state index is 0.0116. The van der Waals surface area contributed by atoms with E-state index in [9.17, 15) is 14.4 Å². The van der Waals surface area contributed by atoms with Crippen LogP contribution in [0.1, 0.15) is 40.9 Å². The standard InChI is InChI=1S/C30H24BrN3O4S/c1-2-38-30(37)27-24-18-39-28(26(24)29(36)34(33-27)22-15-13-21(31)14-16-22)32-25(35)17-23(19-9-5-3-6-10-19)20-11-7-4-8-12-20/h3-16,18,23H,2,17H2,1H3,(H,32,35). The third kappa shape index (κ3) is 5.69. The number of nitrogens with zero attached hydrogens (tertiary/aromatic N) is 2. The summed E-state index contributed by atoms with van der Waals surface area (Å²) in [6, 6.07) is 26.7. The van der Waals surface area contributed by atoms with Gasteiger partial charge in [0.1, 0.15) is 5.00 Å². The van der Waals surface area contributed by atoms with Crippen LogP contribution >= 0.6 is 27.3 Å². The Morgan fingerprint density at radius 2 is 1.59 bits per heavy atom. The lowest BCUT2D eigenvalue weighted by Crippen LogP contribution is -2.25. The number of halogens is 1. The molecule has 0 aliphatic rings. The molecule has 1 amide bonds. The van der Waals surface area contributed by atoms with Gasteiger partial charge in [0.05, 0.1) is 17.7 Å². The Morgan fingerprint density at radius 1 is 0.974 bits per heavy atom. The Hall–Kier alpha value is -4.08. The van der Waals surface area contributed by atoms with Crippen molar-refractivity contribution in [2.45, 2.75) is 19.3 Å². The molecule has 0 atom stereocenters. The number of rotatable bonds is 8. The molecule has 2 aromatic heterocycles. The topological polar surface area (TPSA) is 90.3 Å². The summed E-state index contributed by atoms with van der Waals surface area (Å²) in [7, 11) is 0. The summed E-state index contributed by atoms with van der Waals surface area (Å²) >= 11 is 4.57. The number of hydrogen-bond acceptors (Lipinski definition) is 6. The second-order valence-corrected chi connectivity index (χ2v) is 10.5. The highest BCUT2D eigenvalue weighted by Crippen LogP contribution is 2.33. The molecule has 2 heterocycles. The molecule has 3 aromatic carbocycles. The van der Waals surface area contributed by atoms with Crippen molar-refractivity contribution in [2.75, 3.05) is 11.9 Å². The number of aromatic nitrogens is 2. The van der Waals surface area contributed by atoms with Crippen molar-refractivity contribution in [2.24, 2.45) is 0 Å². The molecule has 0 radical (unpaired) electrons. The molecule has 5 rings (SSSR count). The normalized spacial score (nSPS) is 11.1. The van der Waals surface area contributed by atoms with Crippen molar-refractivity contribution in [1.82, 2.24) is 9.78 Å². The lowest BCUT2D eigenvalue weighted by molar-refractivity contribution is -0.116. The quantitative estimate of drug-likeness (QED) is 0.204. The molecule has 0 fully saturated rings. The molecule has 196 valence electrons. The van der Waals surface area contributed by atoms with Crippen LogP contribution in [0.25, 0.3) is 16.5 Å². The van der Waals surface area contributed by atoms with Crippen LogP contribution < -0.4 is 10.9 Å². The molecule has 39 heavy (non-hydrogen) atoms. The lowest BCUT2D eigenvalue weighted by Gasteiger charge is -2.17. The molecule has 0 bridgehead atoms. The maximum atomic E-state index is 13.7. The van der Waals surface area contributed by atoms with E-state index in [4.69, 9.17) is 4.74 Å². The minimum Gasteiger partial charge on any atom is -0.461 e. The number of anilines is 1. The molecule has 0 aliphatic carbocycles. The molecule has 0 unspecified atom stereocenters. The van der Waals surface area contributed by atoms with Crippen LogP contribution in [0.2, 0.25) is 0 Å². The molecule has 0 saturated carbocycles. The highest BCUT2D eigenvalue weighted by atomic mass is 79.9. The molecule has 5 aromatic rings. The number of carbonyl (C=O) groups excluding carboxylic acids is 2. The minimum atomic E-state index is -0.641. The molecular weight excluding hydrogens is 578 g/mol. The van der Waals surface area contributed by atoms with Crippen molar-refractivity contribution < 1.29 is 14.3 Å². The van der Waals surface area contributed by atoms with Crippen LogP contribution in [-0.4, -0.2) is 28.3 Å². The van der Waals surface area contributed by atoms with Gasteiger partial charge in [-0.05, 0) is 42.3 Å². The summed E-state index contributed by atoms with van der Waals surface area (Å²) in [5.41, 5.74) is 2.08. The Morgan fingerprint density at radius 3 is 2.18 bits per heavy atom. The third-order valence-electron chi connectivity index (χ3n) is 6.24. The van der Waals surface area contributed by atoms with Crippen molar-refractivity contribution >= 4 is 54.9 Å². The fourth-order valence-electron chi connectivity index (χ4n) is 4.41. The van der Waals surface area contributed by atoms with E-state index < -0.39 is 11.5 Å². The summed E-state index contributed by atoms with van der Waals surface area (Å²) in [6.45, 7) is 1.86. The van der Waals surface area contributed by atoms with Crippen molar-refractivity contribution in [1.29, 1.82) is 0 Å². The van der Waals surface area contributed by atoms with E-state index in [-0.39, 0.29) is 35.9 Å². The first-order chi connectivity index (χ1) is 19.0. The van der Waals surface area contributed by atoms with Gasteiger partial charge in [-0.2, -0.15) is 9.78 Å². The zero-order chi connectivity index (χ0) is 27.4. The largest absolute Gasteiger partial charge is 0.461 e. The molecule has 0 spiro atoms. The van der Waals surface area contributed by atoms with Crippen LogP contribution in [0.4, 0.5) is 5.00 Å². The smallest absolute Gasteiger partial charge is 0.359 e. The van der Waals surface area contributed by atoms with Crippen LogP contribution in [-0.2, 0) is 9.53 Å². The first-order valence-electron chi connectivity index (χ1n) is 12.3. The number of esters is 1. The fraction of sp³-hybridized carbons (Fsp3) is 0.133. The summed E-state index contributed by atoms with van der Waals surface area (Å²) < 4.78 is 7.22. The predicted octanol–water partition coefficient (Wildman–Crippen LogP) is 6.55. The lowest BCUT2D eigenvalue weighted by atomic mass is 9.88. The summed E-state index contributed by atoms with van der Waals surface area (Å²) in [5, 5.41) is 9.86. The van der Waals surface area contributed by atoms with Crippen LogP contribution in [0.3, 0.4) is 0 Å². The van der Waals surface area contributed by atoms with Crippen LogP contribution in [0.5, 0.6) is 0 Å². The van der Waals surface area contributed by atoms with Gasteiger partial charge in [-0.15, -0.1) is 11.3 Å². The number of amides is 1. The van der Waals surface area contributed by atoms with Gasteiger partial charge in [-0.3, -0.25) is 9.59 Å².